The standard InChI is InChI=1S/C13H23N3O2/c1-5-6-7-11-10(2)14-13(16(3)4)15-12(11)18-9-8-17/h17H,5-9H2,1-4H3. The van der Waals surface area contributed by atoms with E-state index in [9.17, 15) is 0 Å². The van der Waals surface area contributed by atoms with E-state index in [1.165, 1.54) is 0 Å². The Morgan fingerprint density at radius 3 is 2.56 bits per heavy atom. The van der Waals surface area contributed by atoms with Gasteiger partial charge in [-0.3, -0.25) is 0 Å². The SMILES string of the molecule is CCCCc1c(C)nc(N(C)C)nc1OCCO. The highest BCUT2D eigenvalue weighted by atomic mass is 16.5. The number of hydrogen-bond donors (Lipinski definition) is 1. The van der Waals surface area contributed by atoms with Crippen LogP contribution in [0.15, 0.2) is 0 Å². The summed E-state index contributed by atoms with van der Waals surface area (Å²) in [5, 5.41) is 8.86. The number of anilines is 1. The zero-order valence-electron chi connectivity index (χ0n) is 11.7. The fourth-order valence-electron chi connectivity index (χ4n) is 1.66. The third-order valence-electron chi connectivity index (χ3n) is 2.67. The molecule has 0 fully saturated rings. The number of ether oxygens (including phenoxy) is 1. The molecule has 1 rings (SSSR count). The molecule has 0 aliphatic carbocycles. The van der Waals surface area contributed by atoms with Crippen LogP contribution in [0.3, 0.4) is 0 Å². The van der Waals surface area contributed by atoms with Crippen LogP contribution in [0.25, 0.3) is 0 Å². The van der Waals surface area contributed by atoms with E-state index in [0.717, 1.165) is 30.5 Å². The molecule has 0 saturated heterocycles. The lowest BCUT2D eigenvalue weighted by molar-refractivity contribution is 0.195. The molecule has 0 atom stereocenters. The average Bonchev–Trinajstić information content (AvgIpc) is 2.34. The monoisotopic (exact) mass is 253 g/mol. The number of rotatable bonds is 7. The van der Waals surface area contributed by atoms with Crippen LogP contribution in [0.1, 0.15) is 31.0 Å². The number of nitrogens with zero attached hydrogens (tertiary/aromatic N) is 3. The molecule has 0 aromatic carbocycles. The van der Waals surface area contributed by atoms with Crippen LogP contribution in [-0.4, -0.2) is 42.4 Å². The molecule has 1 heterocycles. The summed E-state index contributed by atoms with van der Waals surface area (Å²) in [6, 6.07) is 0. The van der Waals surface area contributed by atoms with Crippen molar-refractivity contribution in [2.24, 2.45) is 0 Å². The summed E-state index contributed by atoms with van der Waals surface area (Å²) >= 11 is 0. The van der Waals surface area contributed by atoms with Gasteiger partial charge in [0.2, 0.25) is 11.8 Å². The fraction of sp³-hybridized carbons (Fsp3) is 0.692. The van der Waals surface area contributed by atoms with Crippen molar-refractivity contribution >= 4 is 5.95 Å². The molecule has 0 spiro atoms. The van der Waals surface area contributed by atoms with Crippen molar-refractivity contribution in [1.29, 1.82) is 0 Å². The predicted molar refractivity (Wildman–Crippen MR) is 72.3 cm³/mol. The number of hydrogen-bond acceptors (Lipinski definition) is 5. The van der Waals surface area contributed by atoms with Crippen molar-refractivity contribution in [1.82, 2.24) is 9.97 Å². The van der Waals surface area contributed by atoms with E-state index in [4.69, 9.17) is 9.84 Å². The molecule has 102 valence electrons. The van der Waals surface area contributed by atoms with Gasteiger partial charge in [-0.15, -0.1) is 0 Å². The van der Waals surface area contributed by atoms with Crippen molar-refractivity contribution in [3.8, 4) is 5.88 Å². The van der Waals surface area contributed by atoms with Gasteiger partial charge in [-0.2, -0.15) is 4.98 Å². The van der Waals surface area contributed by atoms with Gasteiger partial charge < -0.3 is 14.7 Å². The van der Waals surface area contributed by atoms with Crippen LogP contribution in [0.2, 0.25) is 0 Å². The van der Waals surface area contributed by atoms with Crippen LogP contribution in [0, 0.1) is 6.92 Å². The van der Waals surface area contributed by atoms with Crippen molar-refractivity contribution in [3.63, 3.8) is 0 Å². The van der Waals surface area contributed by atoms with Gasteiger partial charge in [0, 0.05) is 25.4 Å². The fourth-order valence-corrected chi connectivity index (χ4v) is 1.66. The summed E-state index contributed by atoms with van der Waals surface area (Å²) in [6.07, 6.45) is 3.12. The lowest BCUT2D eigenvalue weighted by Gasteiger charge is -2.16. The van der Waals surface area contributed by atoms with Crippen LogP contribution in [0.5, 0.6) is 5.88 Å². The second-order valence-corrected chi connectivity index (χ2v) is 4.46. The zero-order chi connectivity index (χ0) is 13.5. The highest BCUT2D eigenvalue weighted by Gasteiger charge is 2.13. The zero-order valence-corrected chi connectivity index (χ0v) is 11.7. The minimum atomic E-state index is -0.00638. The predicted octanol–water partition coefficient (Wildman–Crippen LogP) is 1.56. The summed E-state index contributed by atoms with van der Waals surface area (Å²) in [7, 11) is 3.80. The molecular formula is C13H23N3O2. The topological polar surface area (TPSA) is 58.5 Å². The third kappa shape index (κ3) is 3.84. The minimum absolute atomic E-state index is 0.00638. The van der Waals surface area contributed by atoms with E-state index in [1.54, 1.807) is 0 Å². The first-order valence-electron chi connectivity index (χ1n) is 6.38. The normalized spacial score (nSPS) is 10.5. The molecule has 1 aromatic heterocycles. The van der Waals surface area contributed by atoms with Crippen molar-refractivity contribution in [2.75, 3.05) is 32.2 Å². The molecular weight excluding hydrogens is 230 g/mol. The Kier molecular flexibility index (Phi) is 5.85. The number of unbranched alkanes of at least 4 members (excludes halogenated alkanes) is 1. The van der Waals surface area contributed by atoms with E-state index < -0.39 is 0 Å². The molecule has 0 amide bonds. The van der Waals surface area contributed by atoms with Gasteiger partial charge in [-0.05, 0) is 19.8 Å². The van der Waals surface area contributed by atoms with Crippen molar-refractivity contribution in [2.45, 2.75) is 33.1 Å². The second kappa shape index (κ2) is 7.16. The molecule has 0 unspecified atom stereocenters. The Balaban J connectivity index is 3.04. The first-order chi connectivity index (χ1) is 8.60. The lowest BCUT2D eigenvalue weighted by atomic mass is 10.1. The van der Waals surface area contributed by atoms with E-state index in [2.05, 4.69) is 16.9 Å². The molecule has 0 aliphatic heterocycles. The smallest absolute Gasteiger partial charge is 0.228 e. The number of aliphatic hydroxyl groups is 1. The molecule has 5 nitrogen and oxygen atoms in total. The van der Waals surface area contributed by atoms with Gasteiger partial charge in [-0.25, -0.2) is 4.98 Å². The Morgan fingerprint density at radius 1 is 1.28 bits per heavy atom. The lowest BCUT2D eigenvalue weighted by Crippen LogP contribution is -2.16. The number of aliphatic hydroxyl groups excluding tert-OH is 1. The Morgan fingerprint density at radius 2 is 2.00 bits per heavy atom. The summed E-state index contributed by atoms with van der Waals surface area (Å²) in [4.78, 5) is 10.7. The van der Waals surface area contributed by atoms with Gasteiger partial charge in [0.25, 0.3) is 0 Å². The first kappa shape index (κ1) is 14.7. The van der Waals surface area contributed by atoms with Crippen molar-refractivity contribution < 1.29 is 9.84 Å². The maximum Gasteiger partial charge on any atom is 0.228 e. The quantitative estimate of drug-likeness (QED) is 0.799. The maximum absolute atomic E-state index is 8.86. The van der Waals surface area contributed by atoms with Crippen LogP contribution >= 0.6 is 0 Å². The Labute approximate surface area is 109 Å². The molecule has 0 radical (unpaired) electrons. The van der Waals surface area contributed by atoms with E-state index >= 15 is 0 Å². The number of aromatic nitrogens is 2. The van der Waals surface area contributed by atoms with E-state index in [1.807, 2.05) is 25.9 Å². The number of aryl methyl sites for hydroxylation is 1. The molecule has 0 bridgehead atoms. The van der Waals surface area contributed by atoms with Gasteiger partial charge >= 0.3 is 0 Å². The van der Waals surface area contributed by atoms with Crippen molar-refractivity contribution in [3.05, 3.63) is 11.3 Å². The maximum atomic E-state index is 8.86. The third-order valence-corrected chi connectivity index (χ3v) is 2.67. The Hall–Kier alpha value is -1.36. The molecule has 1 aromatic rings. The second-order valence-electron chi connectivity index (χ2n) is 4.46. The van der Waals surface area contributed by atoms with E-state index in [-0.39, 0.29) is 13.2 Å². The van der Waals surface area contributed by atoms with Gasteiger partial charge in [-0.1, -0.05) is 13.3 Å². The highest BCUT2D eigenvalue weighted by molar-refractivity contribution is 5.39. The summed E-state index contributed by atoms with van der Waals surface area (Å²) in [6.45, 7) is 4.39. The summed E-state index contributed by atoms with van der Waals surface area (Å²) in [5.41, 5.74) is 2.01. The summed E-state index contributed by atoms with van der Waals surface area (Å²) in [5.74, 6) is 1.24. The minimum Gasteiger partial charge on any atom is -0.475 e. The summed E-state index contributed by atoms with van der Waals surface area (Å²) < 4.78 is 5.53. The molecule has 1 N–H and O–H groups in total. The van der Waals surface area contributed by atoms with Crippen LogP contribution < -0.4 is 9.64 Å². The highest BCUT2D eigenvalue weighted by Crippen LogP contribution is 2.23. The largest absolute Gasteiger partial charge is 0.475 e. The Bertz CT molecular complexity index is 381. The van der Waals surface area contributed by atoms with Crippen LogP contribution in [0.4, 0.5) is 5.95 Å². The molecule has 0 saturated carbocycles. The molecule has 5 heteroatoms. The first-order valence-corrected chi connectivity index (χ1v) is 6.38. The van der Waals surface area contributed by atoms with Gasteiger partial charge in [0.1, 0.15) is 6.61 Å². The van der Waals surface area contributed by atoms with Gasteiger partial charge in [0.15, 0.2) is 0 Å². The molecule has 0 aliphatic rings. The average molecular weight is 253 g/mol. The van der Waals surface area contributed by atoms with Gasteiger partial charge in [0.05, 0.1) is 6.61 Å². The molecule has 18 heavy (non-hydrogen) atoms. The van der Waals surface area contributed by atoms with Crippen LogP contribution in [-0.2, 0) is 6.42 Å². The van der Waals surface area contributed by atoms with E-state index in [0.29, 0.717) is 11.8 Å².